The highest BCUT2D eigenvalue weighted by atomic mass is 35.5. The van der Waals surface area contributed by atoms with Crippen LogP contribution < -0.4 is 5.32 Å². The van der Waals surface area contributed by atoms with Gasteiger partial charge in [0.15, 0.2) is 0 Å². The molecule has 1 unspecified atom stereocenters. The van der Waals surface area contributed by atoms with E-state index in [4.69, 9.17) is 0 Å². The summed E-state index contributed by atoms with van der Waals surface area (Å²) < 4.78 is 0. The Morgan fingerprint density at radius 2 is 2.00 bits per heavy atom. The fourth-order valence-electron chi connectivity index (χ4n) is 3.30. The fraction of sp³-hybridized carbons (Fsp3) is 0.444. The van der Waals surface area contributed by atoms with E-state index in [0.717, 1.165) is 43.7 Å². The third-order valence-corrected chi connectivity index (χ3v) is 4.53. The lowest BCUT2D eigenvalue weighted by Gasteiger charge is -2.33. The maximum absolute atomic E-state index is 12.7. The van der Waals surface area contributed by atoms with Crippen LogP contribution in [0.3, 0.4) is 0 Å². The average molecular weight is 350 g/mol. The van der Waals surface area contributed by atoms with Gasteiger partial charge in [-0.3, -0.25) is 9.59 Å². The summed E-state index contributed by atoms with van der Waals surface area (Å²) in [5, 5.41) is 3.31. The highest BCUT2D eigenvalue weighted by Gasteiger charge is 2.29. The van der Waals surface area contributed by atoms with Gasteiger partial charge >= 0.3 is 0 Å². The number of carbonyl (C=O) groups excluding carboxylic acids is 2. The van der Waals surface area contributed by atoms with Crippen molar-refractivity contribution in [1.29, 1.82) is 0 Å². The van der Waals surface area contributed by atoms with Gasteiger partial charge in [0.25, 0.3) is 0 Å². The van der Waals surface area contributed by atoms with Gasteiger partial charge in [0.05, 0.1) is 12.5 Å². The van der Waals surface area contributed by atoms with Gasteiger partial charge in [-0.25, -0.2) is 0 Å². The van der Waals surface area contributed by atoms with E-state index in [1.165, 1.54) is 0 Å². The number of hydrogen-bond donors (Lipinski definition) is 1. The van der Waals surface area contributed by atoms with Gasteiger partial charge in [-0.05, 0) is 30.2 Å². The SMILES string of the molecule is CC(=O)N1C=Cc2ccccc2C1CC(=O)N1CCCNCC1.Cl. The first-order chi connectivity index (χ1) is 11.2. The summed E-state index contributed by atoms with van der Waals surface area (Å²) >= 11 is 0. The summed E-state index contributed by atoms with van der Waals surface area (Å²) in [4.78, 5) is 28.3. The number of carbonyl (C=O) groups is 2. The minimum Gasteiger partial charge on any atom is -0.341 e. The highest BCUT2D eigenvalue weighted by Crippen LogP contribution is 2.33. The van der Waals surface area contributed by atoms with Crippen molar-refractivity contribution >= 4 is 30.3 Å². The van der Waals surface area contributed by atoms with Crippen molar-refractivity contribution in [3.05, 3.63) is 41.6 Å². The molecule has 2 amide bonds. The Bertz CT molecular complexity index is 624. The summed E-state index contributed by atoms with van der Waals surface area (Å²) in [6.45, 7) is 4.87. The largest absolute Gasteiger partial charge is 0.341 e. The molecular formula is C18H24ClN3O2. The van der Waals surface area contributed by atoms with Crippen molar-refractivity contribution in [2.75, 3.05) is 26.2 Å². The summed E-state index contributed by atoms with van der Waals surface area (Å²) in [7, 11) is 0. The van der Waals surface area contributed by atoms with Gasteiger partial charge in [-0.15, -0.1) is 12.4 Å². The predicted molar refractivity (Wildman–Crippen MR) is 96.7 cm³/mol. The maximum Gasteiger partial charge on any atom is 0.225 e. The van der Waals surface area contributed by atoms with Crippen molar-refractivity contribution < 1.29 is 9.59 Å². The van der Waals surface area contributed by atoms with Crippen LogP contribution in [-0.4, -0.2) is 47.8 Å². The second-order valence-electron chi connectivity index (χ2n) is 6.08. The van der Waals surface area contributed by atoms with Gasteiger partial charge in [0.1, 0.15) is 0 Å². The quantitative estimate of drug-likeness (QED) is 0.890. The van der Waals surface area contributed by atoms with E-state index in [-0.39, 0.29) is 30.3 Å². The average Bonchev–Trinajstić information content (AvgIpc) is 2.84. The number of fused-ring (bicyclic) bond motifs is 1. The number of halogens is 1. The van der Waals surface area contributed by atoms with Gasteiger partial charge in [0, 0.05) is 32.8 Å². The molecule has 0 bridgehead atoms. The first-order valence-corrected chi connectivity index (χ1v) is 8.21. The Kier molecular flexibility index (Phi) is 6.40. The Balaban J connectivity index is 0.00000208. The number of hydrogen-bond acceptors (Lipinski definition) is 3. The molecule has 5 nitrogen and oxygen atoms in total. The Labute approximate surface area is 149 Å². The van der Waals surface area contributed by atoms with E-state index in [9.17, 15) is 9.59 Å². The Morgan fingerprint density at radius 1 is 1.21 bits per heavy atom. The van der Waals surface area contributed by atoms with Crippen LogP contribution in [0.4, 0.5) is 0 Å². The topological polar surface area (TPSA) is 52.7 Å². The van der Waals surface area contributed by atoms with Crippen molar-refractivity contribution in [2.24, 2.45) is 0 Å². The maximum atomic E-state index is 12.7. The second kappa shape index (κ2) is 8.31. The van der Waals surface area contributed by atoms with E-state index < -0.39 is 0 Å². The van der Waals surface area contributed by atoms with Crippen LogP contribution in [0.25, 0.3) is 6.08 Å². The molecule has 1 N–H and O–H groups in total. The molecule has 1 aromatic carbocycles. The van der Waals surface area contributed by atoms with E-state index in [2.05, 4.69) is 5.32 Å². The molecule has 1 saturated heterocycles. The molecule has 1 aromatic rings. The van der Waals surface area contributed by atoms with E-state index in [1.807, 2.05) is 35.2 Å². The molecule has 2 heterocycles. The minimum absolute atomic E-state index is 0. The zero-order valence-corrected chi connectivity index (χ0v) is 14.7. The first-order valence-electron chi connectivity index (χ1n) is 8.21. The molecule has 3 rings (SSSR count). The zero-order valence-electron chi connectivity index (χ0n) is 13.9. The van der Waals surface area contributed by atoms with Crippen LogP contribution >= 0.6 is 12.4 Å². The number of amides is 2. The van der Waals surface area contributed by atoms with Crippen LogP contribution in [0.15, 0.2) is 30.5 Å². The summed E-state index contributed by atoms with van der Waals surface area (Å²) in [6, 6.07) is 7.76. The van der Waals surface area contributed by atoms with E-state index >= 15 is 0 Å². The van der Waals surface area contributed by atoms with Crippen LogP contribution in [0.2, 0.25) is 0 Å². The van der Waals surface area contributed by atoms with Crippen LogP contribution in [0.1, 0.15) is 36.9 Å². The van der Waals surface area contributed by atoms with Crippen molar-refractivity contribution in [3.8, 4) is 0 Å². The molecule has 0 saturated carbocycles. The van der Waals surface area contributed by atoms with E-state index in [1.54, 1.807) is 18.0 Å². The molecule has 130 valence electrons. The molecule has 0 aromatic heterocycles. The highest BCUT2D eigenvalue weighted by molar-refractivity contribution is 5.85. The van der Waals surface area contributed by atoms with Crippen molar-refractivity contribution in [3.63, 3.8) is 0 Å². The zero-order chi connectivity index (χ0) is 16.2. The lowest BCUT2D eigenvalue weighted by Crippen LogP contribution is -2.39. The van der Waals surface area contributed by atoms with Crippen molar-refractivity contribution in [1.82, 2.24) is 15.1 Å². The van der Waals surface area contributed by atoms with Crippen LogP contribution in [-0.2, 0) is 9.59 Å². The van der Waals surface area contributed by atoms with Gasteiger partial charge in [-0.1, -0.05) is 24.3 Å². The summed E-state index contributed by atoms with van der Waals surface area (Å²) in [5.74, 6) is 0.0844. The van der Waals surface area contributed by atoms with Gasteiger partial charge in [-0.2, -0.15) is 0 Å². The Morgan fingerprint density at radius 3 is 2.79 bits per heavy atom. The molecular weight excluding hydrogens is 326 g/mol. The van der Waals surface area contributed by atoms with Crippen LogP contribution in [0, 0.1) is 0 Å². The number of nitrogens with zero attached hydrogens (tertiary/aromatic N) is 2. The third kappa shape index (κ3) is 3.97. The molecule has 0 aliphatic carbocycles. The monoisotopic (exact) mass is 349 g/mol. The minimum atomic E-state index is -0.211. The molecule has 0 spiro atoms. The molecule has 1 atom stereocenters. The third-order valence-electron chi connectivity index (χ3n) is 4.53. The predicted octanol–water partition coefficient (Wildman–Crippen LogP) is 2.19. The second-order valence-corrected chi connectivity index (χ2v) is 6.08. The summed E-state index contributed by atoms with van der Waals surface area (Å²) in [6.07, 6.45) is 5.05. The first kappa shape index (κ1) is 18.5. The van der Waals surface area contributed by atoms with Crippen LogP contribution in [0.5, 0.6) is 0 Å². The lowest BCUT2D eigenvalue weighted by atomic mass is 9.93. The number of rotatable bonds is 2. The van der Waals surface area contributed by atoms with Crippen molar-refractivity contribution in [2.45, 2.75) is 25.8 Å². The molecule has 6 heteroatoms. The molecule has 24 heavy (non-hydrogen) atoms. The van der Waals surface area contributed by atoms with Gasteiger partial charge in [0.2, 0.25) is 11.8 Å². The number of benzene rings is 1. The van der Waals surface area contributed by atoms with Gasteiger partial charge < -0.3 is 15.1 Å². The molecule has 1 fully saturated rings. The standard InChI is InChI=1S/C18H23N3O2.ClH/c1-14(22)21-11-7-15-5-2-3-6-16(15)17(21)13-18(23)20-10-4-8-19-9-12-20;/h2-3,5-7,11,17,19H,4,8-10,12-13H2,1H3;1H. The number of nitrogens with one attached hydrogen (secondary N) is 1. The lowest BCUT2D eigenvalue weighted by molar-refractivity contribution is -0.134. The molecule has 0 radical (unpaired) electrons. The Hall–Kier alpha value is -1.85. The molecule has 2 aliphatic heterocycles. The normalized spacial score (nSPS) is 20.0. The smallest absolute Gasteiger partial charge is 0.225 e. The van der Waals surface area contributed by atoms with E-state index in [0.29, 0.717) is 6.42 Å². The fourth-order valence-corrected chi connectivity index (χ4v) is 3.30. The summed E-state index contributed by atoms with van der Waals surface area (Å²) in [5.41, 5.74) is 2.13. The molecule has 2 aliphatic rings.